The molecule has 0 bridgehead atoms. The first-order valence-corrected chi connectivity index (χ1v) is 6.82. The molecule has 0 spiro atoms. The maximum atomic E-state index is 5.46. The predicted molar refractivity (Wildman–Crippen MR) is 79.2 cm³/mol. The molecule has 1 aliphatic rings. The van der Waals surface area contributed by atoms with Gasteiger partial charge in [-0.15, -0.1) is 0 Å². The van der Waals surface area contributed by atoms with Crippen molar-refractivity contribution in [3.05, 3.63) is 41.6 Å². The van der Waals surface area contributed by atoms with E-state index in [2.05, 4.69) is 44.8 Å². The van der Waals surface area contributed by atoms with Gasteiger partial charge in [0.1, 0.15) is 0 Å². The highest BCUT2D eigenvalue weighted by molar-refractivity contribution is 5.69. The lowest BCUT2D eigenvalue weighted by molar-refractivity contribution is 0.174. The van der Waals surface area contributed by atoms with E-state index >= 15 is 0 Å². The summed E-state index contributed by atoms with van der Waals surface area (Å²) in [5.74, 6) is 1.62. The van der Waals surface area contributed by atoms with Gasteiger partial charge in [0.25, 0.3) is 0 Å². The number of ether oxygens (including phenoxy) is 2. The Morgan fingerprint density at radius 2 is 1.75 bits per heavy atom. The number of hydrogen-bond acceptors (Lipinski definition) is 3. The highest BCUT2D eigenvalue weighted by atomic mass is 16.7. The summed E-state index contributed by atoms with van der Waals surface area (Å²) in [5, 5.41) is 0. The van der Waals surface area contributed by atoms with E-state index in [9.17, 15) is 0 Å². The molecular weight excluding hydrogens is 250 g/mol. The van der Waals surface area contributed by atoms with Gasteiger partial charge < -0.3 is 9.47 Å². The van der Waals surface area contributed by atoms with E-state index in [0.717, 1.165) is 28.3 Å². The Labute approximate surface area is 119 Å². The molecule has 0 unspecified atom stereocenters. The monoisotopic (exact) mass is 269 g/mol. The Hall–Kier alpha value is -2.03. The van der Waals surface area contributed by atoms with Crippen molar-refractivity contribution >= 4 is 0 Å². The van der Waals surface area contributed by atoms with Gasteiger partial charge >= 0.3 is 0 Å². The van der Waals surface area contributed by atoms with Gasteiger partial charge in [0.05, 0.1) is 5.69 Å². The normalized spacial score (nSPS) is 13.6. The van der Waals surface area contributed by atoms with Crippen LogP contribution in [0.25, 0.3) is 11.3 Å². The standard InChI is InChI=1S/C17H19NO2/c1-11-7-15-16(20-10-19-15)9-13(11)14-8-12(5-6-18-14)17(2,3)4/h5-9H,10H2,1-4H3. The zero-order chi connectivity index (χ0) is 14.3. The first-order valence-electron chi connectivity index (χ1n) is 6.82. The third kappa shape index (κ3) is 2.24. The van der Waals surface area contributed by atoms with Crippen molar-refractivity contribution in [2.45, 2.75) is 33.1 Å². The van der Waals surface area contributed by atoms with Crippen LogP contribution < -0.4 is 9.47 Å². The Bertz CT molecular complexity index is 657. The van der Waals surface area contributed by atoms with Gasteiger partial charge in [0.2, 0.25) is 6.79 Å². The maximum Gasteiger partial charge on any atom is 0.231 e. The second-order valence-electron chi connectivity index (χ2n) is 6.20. The van der Waals surface area contributed by atoms with Gasteiger partial charge in [-0.2, -0.15) is 0 Å². The van der Waals surface area contributed by atoms with Crippen LogP contribution >= 0.6 is 0 Å². The number of aromatic nitrogens is 1. The lowest BCUT2D eigenvalue weighted by Crippen LogP contribution is -2.11. The molecule has 3 nitrogen and oxygen atoms in total. The molecule has 2 aromatic rings. The topological polar surface area (TPSA) is 31.4 Å². The molecule has 0 N–H and O–H groups in total. The number of hydrogen-bond donors (Lipinski definition) is 0. The van der Waals surface area contributed by atoms with Gasteiger partial charge in [-0.05, 0) is 47.7 Å². The first-order chi connectivity index (χ1) is 9.45. The van der Waals surface area contributed by atoms with E-state index < -0.39 is 0 Å². The minimum Gasteiger partial charge on any atom is -0.454 e. The third-order valence-electron chi connectivity index (χ3n) is 3.62. The summed E-state index contributed by atoms with van der Waals surface area (Å²) < 4.78 is 10.9. The van der Waals surface area contributed by atoms with Crippen LogP contribution in [-0.4, -0.2) is 11.8 Å². The third-order valence-corrected chi connectivity index (χ3v) is 3.62. The number of nitrogens with zero attached hydrogens (tertiary/aromatic N) is 1. The summed E-state index contributed by atoms with van der Waals surface area (Å²) >= 11 is 0. The van der Waals surface area contributed by atoms with Gasteiger partial charge in [-0.1, -0.05) is 20.8 Å². The molecule has 20 heavy (non-hydrogen) atoms. The Morgan fingerprint density at radius 3 is 2.45 bits per heavy atom. The summed E-state index contributed by atoms with van der Waals surface area (Å²) in [6.07, 6.45) is 1.87. The van der Waals surface area contributed by atoms with Gasteiger partial charge in [0, 0.05) is 11.8 Å². The van der Waals surface area contributed by atoms with E-state index in [4.69, 9.17) is 9.47 Å². The van der Waals surface area contributed by atoms with Crippen LogP contribution in [0.4, 0.5) is 0 Å². The van der Waals surface area contributed by atoms with Gasteiger partial charge in [-0.25, -0.2) is 0 Å². The number of pyridine rings is 1. The summed E-state index contributed by atoms with van der Waals surface area (Å²) in [5.41, 5.74) is 4.61. The van der Waals surface area contributed by atoms with Crippen molar-refractivity contribution in [2.24, 2.45) is 0 Å². The molecule has 0 aliphatic carbocycles. The van der Waals surface area contributed by atoms with Crippen molar-refractivity contribution in [3.63, 3.8) is 0 Å². The van der Waals surface area contributed by atoms with Gasteiger partial charge in [-0.3, -0.25) is 4.98 Å². The molecule has 104 valence electrons. The van der Waals surface area contributed by atoms with Crippen LogP contribution in [0, 0.1) is 6.92 Å². The molecule has 1 aromatic heterocycles. The van der Waals surface area contributed by atoms with Crippen LogP contribution in [0.1, 0.15) is 31.9 Å². The van der Waals surface area contributed by atoms with Crippen molar-refractivity contribution in [1.29, 1.82) is 0 Å². The molecule has 0 amide bonds. The van der Waals surface area contributed by atoms with E-state index in [1.54, 1.807) is 0 Å². The molecular formula is C17H19NO2. The van der Waals surface area contributed by atoms with E-state index in [1.165, 1.54) is 5.56 Å². The summed E-state index contributed by atoms with van der Waals surface area (Å²) in [4.78, 5) is 4.51. The fraction of sp³-hybridized carbons (Fsp3) is 0.353. The first kappa shape index (κ1) is 13.0. The molecule has 0 saturated carbocycles. The summed E-state index contributed by atoms with van der Waals surface area (Å²) in [6, 6.07) is 8.27. The molecule has 1 aliphatic heterocycles. The van der Waals surface area contributed by atoms with Crippen LogP contribution in [0.5, 0.6) is 11.5 Å². The maximum absolute atomic E-state index is 5.46. The number of aryl methyl sites for hydroxylation is 1. The molecule has 0 atom stereocenters. The lowest BCUT2D eigenvalue weighted by atomic mass is 9.86. The van der Waals surface area contributed by atoms with Crippen LogP contribution in [0.2, 0.25) is 0 Å². The minimum absolute atomic E-state index is 0.113. The molecule has 0 fully saturated rings. The smallest absolute Gasteiger partial charge is 0.231 e. The average Bonchev–Trinajstić information content (AvgIpc) is 2.84. The highest BCUT2D eigenvalue weighted by Gasteiger charge is 2.19. The average molecular weight is 269 g/mol. The van der Waals surface area contributed by atoms with Crippen molar-refractivity contribution in [2.75, 3.05) is 6.79 Å². The largest absolute Gasteiger partial charge is 0.454 e. The van der Waals surface area contributed by atoms with Crippen molar-refractivity contribution in [1.82, 2.24) is 4.98 Å². The quantitative estimate of drug-likeness (QED) is 0.781. The molecule has 0 saturated heterocycles. The Morgan fingerprint density at radius 1 is 1.05 bits per heavy atom. The van der Waals surface area contributed by atoms with Crippen molar-refractivity contribution < 1.29 is 9.47 Å². The number of rotatable bonds is 1. The number of fused-ring (bicyclic) bond motifs is 1. The van der Waals surface area contributed by atoms with Crippen LogP contribution in [-0.2, 0) is 5.41 Å². The molecule has 3 heteroatoms. The summed E-state index contributed by atoms with van der Waals surface area (Å²) in [6.45, 7) is 8.99. The van der Waals surface area contributed by atoms with E-state index in [0.29, 0.717) is 6.79 Å². The number of benzene rings is 1. The fourth-order valence-electron chi connectivity index (χ4n) is 2.36. The zero-order valence-electron chi connectivity index (χ0n) is 12.4. The minimum atomic E-state index is 0.113. The zero-order valence-corrected chi connectivity index (χ0v) is 12.4. The molecule has 2 heterocycles. The van der Waals surface area contributed by atoms with Gasteiger partial charge in [0.15, 0.2) is 11.5 Å². The second kappa shape index (κ2) is 4.51. The van der Waals surface area contributed by atoms with Crippen LogP contribution in [0.3, 0.4) is 0 Å². The highest BCUT2D eigenvalue weighted by Crippen LogP contribution is 2.38. The second-order valence-corrected chi connectivity index (χ2v) is 6.20. The fourth-order valence-corrected chi connectivity index (χ4v) is 2.36. The molecule has 1 aromatic carbocycles. The lowest BCUT2D eigenvalue weighted by Gasteiger charge is -2.19. The predicted octanol–water partition coefficient (Wildman–Crippen LogP) is 4.08. The SMILES string of the molecule is Cc1cc2c(cc1-c1cc(C(C)(C)C)ccn1)OCO2. The van der Waals surface area contributed by atoms with E-state index in [1.807, 2.05) is 18.3 Å². The molecule has 3 rings (SSSR count). The Kier molecular flexibility index (Phi) is 2.93. The van der Waals surface area contributed by atoms with Crippen LogP contribution in [0.15, 0.2) is 30.5 Å². The Balaban J connectivity index is 2.10. The van der Waals surface area contributed by atoms with Crippen molar-refractivity contribution in [3.8, 4) is 22.8 Å². The van der Waals surface area contributed by atoms with E-state index in [-0.39, 0.29) is 5.41 Å². The molecule has 0 radical (unpaired) electrons. The summed E-state index contributed by atoms with van der Waals surface area (Å²) in [7, 11) is 0.